The molecule has 136 valence electrons. The van der Waals surface area contributed by atoms with Gasteiger partial charge in [0, 0.05) is 23.0 Å². The van der Waals surface area contributed by atoms with Crippen LogP contribution in [-0.4, -0.2) is 37.9 Å². The molecule has 1 N–H and O–H groups in total. The van der Waals surface area contributed by atoms with E-state index in [9.17, 15) is 5.11 Å². The fourth-order valence-corrected chi connectivity index (χ4v) is 3.76. The number of aliphatic hydroxyl groups is 1. The molecule has 1 saturated carbocycles. The van der Waals surface area contributed by atoms with Gasteiger partial charge in [-0.25, -0.2) is 4.68 Å². The number of halogens is 1. The molecule has 0 spiro atoms. The van der Waals surface area contributed by atoms with Crippen LogP contribution in [0.1, 0.15) is 31.7 Å². The highest BCUT2D eigenvalue weighted by Crippen LogP contribution is 2.37. The zero-order valence-corrected chi connectivity index (χ0v) is 15.3. The number of aliphatic hydroxyl groups excluding tert-OH is 1. The van der Waals surface area contributed by atoms with E-state index in [0.717, 1.165) is 42.6 Å². The monoisotopic (exact) mass is 372 g/mol. The molecule has 2 aromatic heterocycles. The van der Waals surface area contributed by atoms with Crippen LogP contribution < -0.4 is 4.74 Å². The Bertz CT molecular complexity index is 891. The summed E-state index contributed by atoms with van der Waals surface area (Å²) >= 11 is 6.23. The van der Waals surface area contributed by atoms with Gasteiger partial charge in [-0.3, -0.25) is 4.68 Å². The maximum atomic E-state index is 10.4. The van der Waals surface area contributed by atoms with Gasteiger partial charge in [0.05, 0.1) is 25.5 Å². The van der Waals surface area contributed by atoms with Crippen molar-refractivity contribution in [3.05, 3.63) is 47.9 Å². The fourth-order valence-electron chi connectivity index (χ4n) is 3.59. The Morgan fingerprint density at radius 3 is 2.85 bits per heavy atom. The Kier molecular flexibility index (Phi) is 4.70. The van der Waals surface area contributed by atoms with E-state index in [1.165, 1.54) is 0 Å². The van der Waals surface area contributed by atoms with Gasteiger partial charge < -0.3 is 9.84 Å². The van der Waals surface area contributed by atoms with E-state index in [-0.39, 0.29) is 12.1 Å². The molecule has 0 unspecified atom stereocenters. The van der Waals surface area contributed by atoms with Crippen LogP contribution in [0.25, 0.3) is 16.9 Å². The van der Waals surface area contributed by atoms with Crippen LogP contribution in [0.4, 0.5) is 0 Å². The van der Waals surface area contributed by atoms with Crippen molar-refractivity contribution < 1.29 is 9.84 Å². The molecule has 1 aromatic carbocycles. The van der Waals surface area contributed by atoms with Gasteiger partial charge in [0.25, 0.3) is 0 Å². The first kappa shape index (κ1) is 17.1. The number of methoxy groups -OCH3 is 1. The lowest BCUT2D eigenvalue weighted by molar-refractivity contribution is 0.0695. The van der Waals surface area contributed by atoms with E-state index in [1.807, 2.05) is 35.3 Å². The molecule has 0 aliphatic heterocycles. The summed E-state index contributed by atoms with van der Waals surface area (Å²) in [6.45, 7) is 0. The minimum atomic E-state index is -0.386. The van der Waals surface area contributed by atoms with Gasteiger partial charge in [0.2, 0.25) is 0 Å². The normalized spacial score (nSPS) is 20.3. The summed E-state index contributed by atoms with van der Waals surface area (Å²) in [5.41, 5.74) is 2.36. The molecule has 1 aliphatic carbocycles. The van der Waals surface area contributed by atoms with E-state index in [1.54, 1.807) is 24.1 Å². The highest BCUT2D eigenvalue weighted by atomic mass is 35.5. The first-order valence-corrected chi connectivity index (χ1v) is 9.16. The summed E-state index contributed by atoms with van der Waals surface area (Å²) in [5.74, 6) is 0.692. The third-order valence-electron chi connectivity index (χ3n) is 4.91. The molecule has 4 rings (SSSR count). The zero-order valence-electron chi connectivity index (χ0n) is 14.5. The van der Waals surface area contributed by atoms with Crippen LogP contribution in [0.15, 0.2) is 42.9 Å². The molecule has 0 amide bonds. The largest absolute Gasteiger partial charge is 0.496 e. The molecular formula is C19H21ClN4O2. The first-order chi connectivity index (χ1) is 12.7. The lowest BCUT2D eigenvalue weighted by Gasteiger charge is -2.27. The molecule has 1 fully saturated rings. The Balaban J connectivity index is 1.87. The number of aromatic nitrogens is 4. The molecule has 2 heterocycles. The number of nitrogens with zero attached hydrogens (tertiary/aromatic N) is 4. The summed E-state index contributed by atoms with van der Waals surface area (Å²) in [4.78, 5) is 0. The molecule has 3 aromatic rings. The third kappa shape index (κ3) is 3.10. The van der Waals surface area contributed by atoms with Crippen LogP contribution in [0, 0.1) is 0 Å². The summed E-state index contributed by atoms with van der Waals surface area (Å²) in [7, 11) is 1.63. The number of rotatable bonds is 4. The van der Waals surface area contributed by atoms with E-state index < -0.39 is 0 Å². The van der Waals surface area contributed by atoms with Crippen LogP contribution >= 0.6 is 11.6 Å². The van der Waals surface area contributed by atoms with Crippen molar-refractivity contribution >= 4 is 11.6 Å². The summed E-state index contributed by atoms with van der Waals surface area (Å²) in [6.07, 6.45) is 9.02. The minimum absolute atomic E-state index is 0.0306. The number of ether oxygens (including phenoxy) is 1. The molecule has 2 atom stereocenters. The Labute approximate surface area is 157 Å². The molecule has 0 bridgehead atoms. The maximum Gasteiger partial charge on any atom is 0.128 e. The summed E-state index contributed by atoms with van der Waals surface area (Å²) < 4.78 is 9.16. The predicted molar refractivity (Wildman–Crippen MR) is 99.9 cm³/mol. The Morgan fingerprint density at radius 1 is 1.27 bits per heavy atom. The zero-order chi connectivity index (χ0) is 18.1. The average molecular weight is 373 g/mol. The second-order valence-electron chi connectivity index (χ2n) is 6.56. The second kappa shape index (κ2) is 7.13. The minimum Gasteiger partial charge on any atom is -0.496 e. The predicted octanol–water partition coefficient (Wildman–Crippen LogP) is 3.87. The molecule has 7 heteroatoms. The van der Waals surface area contributed by atoms with Crippen LogP contribution in [0.3, 0.4) is 0 Å². The van der Waals surface area contributed by atoms with Gasteiger partial charge in [-0.1, -0.05) is 24.4 Å². The van der Waals surface area contributed by atoms with Gasteiger partial charge >= 0.3 is 0 Å². The lowest BCUT2D eigenvalue weighted by Crippen LogP contribution is -2.27. The van der Waals surface area contributed by atoms with Crippen molar-refractivity contribution in [2.75, 3.05) is 7.11 Å². The highest BCUT2D eigenvalue weighted by Gasteiger charge is 2.27. The van der Waals surface area contributed by atoms with Crippen molar-refractivity contribution in [2.24, 2.45) is 0 Å². The standard InChI is InChI=1S/C19H21ClN4O2/c1-26-18-8-7-13(20)11-14(18)19-16(23-10-4-9-21-23)12-24(22-19)15-5-2-3-6-17(15)25/h4,7-12,15,17,25H,2-3,5-6H2,1H3/t15-,17+/m1/s1. The Morgan fingerprint density at radius 2 is 2.12 bits per heavy atom. The molecule has 0 radical (unpaired) electrons. The molecular weight excluding hydrogens is 352 g/mol. The van der Waals surface area contributed by atoms with Crippen molar-refractivity contribution in [1.82, 2.24) is 19.6 Å². The summed E-state index contributed by atoms with van der Waals surface area (Å²) in [6, 6.07) is 7.30. The van der Waals surface area contributed by atoms with Crippen LogP contribution in [0.2, 0.25) is 5.02 Å². The van der Waals surface area contributed by atoms with Crippen LogP contribution in [-0.2, 0) is 0 Å². The SMILES string of the molecule is COc1ccc(Cl)cc1-c1nn([C@@H]2CCCC[C@@H]2O)cc1-n1cccn1. The average Bonchev–Trinajstić information content (AvgIpc) is 3.31. The maximum absolute atomic E-state index is 10.4. The third-order valence-corrected chi connectivity index (χ3v) is 5.15. The van der Waals surface area contributed by atoms with Crippen molar-refractivity contribution in [3.63, 3.8) is 0 Å². The quantitative estimate of drug-likeness (QED) is 0.754. The van der Waals surface area contributed by atoms with Crippen LogP contribution in [0.5, 0.6) is 5.75 Å². The topological polar surface area (TPSA) is 65.1 Å². The first-order valence-electron chi connectivity index (χ1n) is 8.78. The van der Waals surface area contributed by atoms with E-state index in [0.29, 0.717) is 10.8 Å². The number of hydrogen-bond donors (Lipinski definition) is 1. The number of benzene rings is 1. The van der Waals surface area contributed by atoms with Gasteiger partial charge in [0.15, 0.2) is 0 Å². The summed E-state index contributed by atoms with van der Waals surface area (Å²) in [5, 5.41) is 20.2. The van der Waals surface area contributed by atoms with Crippen molar-refractivity contribution in [2.45, 2.75) is 37.8 Å². The second-order valence-corrected chi connectivity index (χ2v) is 6.99. The number of hydrogen-bond acceptors (Lipinski definition) is 4. The van der Waals surface area contributed by atoms with E-state index in [2.05, 4.69) is 5.10 Å². The Hall–Kier alpha value is -2.31. The van der Waals surface area contributed by atoms with Gasteiger partial charge in [-0.15, -0.1) is 0 Å². The van der Waals surface area contributed by atoms with Gasteiger partial charge in [-0.05, 0) is 37.1 Å². The molecule has 0 saturated heterocycles. The van der Waals surface area contributed by atoms with Crippen molar-refractivity contribution in [1.29, 1.82) is 0 Å². The molecule has 26 heavy (non-hydrogen) atoms. The fraction of sp³-hybridized carbons (Fsp3) is 0.368. The van der Waals surface area contributed by atoms with E-state index in [4.69, 9.17) is 21.4 Å². The lowest BCUT2D eigenvalue weighted by atomic mass is 9.93. The van der Waals surface area contributed by atoms with Gasteiger partial charge in [-0.2, -0.15) is 10.2 Å². The molecule has 6 nitrogen and oxygen atoms in total. The van der Waals surface area contributed by atoms with Crippen molar-refractivity contribution in [3.8, 4) is 22.7 Å². The highest BCUT2D eigenvalue weighted by molar-refractivity contribution is 6.31. The van der Waals surface area contributed by atoms with E-state index >= 15 is 0 Å². The van der Waals surface area contributed by atoms with Gasteiger partial charge in [0.1, 0.15) is 17.1 Å². The smallest absolute Gasteiger partial charge is 0.128 e. The molecule has 1 aliphatic rings.